The van der Waals surface area contributed by atoms with Crippen LogP contribution in [0, 0.1) is 5.92 Å². The smallest absolute Gasteiger partial charge is 0.225 e. The first kappa shape index (κ1) is 17.7. The zero-order valence-electron chi connectivity index (χ0n) is 13.5. The molecule has 1 aromatic rings. The van der Waals surface area contributed by atoms with E-state index in [0.29, 0.717) is 36.8 Å². The summed E-state index contributed by atoms with van der Waals surface area (Å²) in [4.78, 5) is 14.4. The number of halogens is 1. The molecule has 0 spiro atoms. The van der Waals surface area contributed by atoms with Crippen LogP contribution in [-0.4, -0.2) is 51.3 Å². The van der Waals surface area contributed by atoms with Crippen molar-refractivity contribution in [1.82, 2.24) is 4.90 Å². The summed E-state index contributed by atoms with van der Waals surface area (Å²) < 4.78 is 30.7. The first-order valence-electron chi connectivity index (χ1n) is 8.31. The van der Waals surface area contributed by atoms with Gasteiger partial charge in [0.25, 0.3) is 0 Å². The van der Waals surface area contributed by atoms with E-state index in [1.54, 1.807) is 29.2 Å². The van der Waals surface area contributed by atoms with Gasteiger partial charge in [0.2, 0.25) is 5.91 Å². The quantitative estimate of drug-likeness (QED) is 0.801. The van der Waals surface area contributed by atoms with Gasteiger partial charge in [-0.25, -0.2) is 8.42 Å². The van der Waals surface area contributed by atoms with E-state index in [0.717, 1.165) is 12.8 Å². The van der Waals surface area contributed by atoms with Gasteiger partial charge < -0.3 is 9.64 Å². The highest BCUT2D eigenvalue weighted by molar-refractivity contribution is 7.91. The molecule has 2 fully saturated rings. The highest BCUT2D eigenvalue weighted by Gasteiger charge is 2.35. The minimum Gasteiger partial charge on any atom is -0.381 e. The molecular weight excluding hydrogens is 350 g/mol. The van der Waals surface area contributed by atoms with Crippen LogP contribution in [0.5, 0.6) is 0 Å². The average molecular weight is 372 g/mol. The lowest BCUT2D eigenvalue weighted by Gasteiger charge is -2.28. The fraction of sp³-hybridized carbons (Fsp3) is 0.588. The van der Waals surface area contributed by atoms with Crippen LogP contribution in [0.1, 0.15) is 30.1 Å². The van der Waals surface area contributed by atoms with Crippen molar-refractivity contribution in [3.8, 4) is 0 Å². The number of hydrogen-bond donors (Lipinski definition) is 0. The molecule has 0 aliphatic carbocycles. The van der Waals surface area contributed by atoms with Crippen molar-refractivity contribution in [1.29, 1.82) is 0 Å². The lowest BCUT2D eigenvalue weighted by atomic mass is 9.98. The molecule has 2 aliphatic heterocycles. The van der Waals surface area contributed by atoms with E-state index >= 15 is 0 Å². The molecule has 24 heavy (non-hydrogen) atoms. The molecule has 132 valence electrons. The molecule has 1 amide bonds. The molecule has 7 heteroatoms. The molecule has 0 aromatic heterocycles. The molecule has 0 bridgehead atoms. The lowest BCUT2D eigenvalue weighted by Crippen LogP contribution is -2.40. The van der Waals surface area contributed by atoms with Crippen LogP contribution in [0.15, 0.2) is 24.3 Å². The van der Waals surface area contributed by atoms with E-state index in [2.05, 4.69) is 0 Å². The van der Waals surface area contributed by atoms with Crippen LogP contribution in [0.4, 0.5) is 0 Å². The van der Waals surface area contributed by atoms with Crippen molar-refractivity contribution in [2.24, 2.45) is 5.92 Å². The van der Waals surface area contributed by atoms with Crippen LogP contribution in [0.25, 0.3) is 0 Å². The molecule has 2 heterocycles. The second-order valence-electron chi connectivity index (χ2n) is 6.38. The molecule has 0 radical (unpaired) electrons. The molecule has 5 nitrogen and oxygen atoms in total. The molecule has 1 unspecified atom stereocenters. The molecule has 1 atom stereocenters. The summed E-state index contributed by atoms with van der Waals surface area (Å²) in [6.07, 6.45) is 1.83. The van der Waals surface area contributed by atoms with Crippen molar-refractivity contribution in [3.05, 3.63) is 34.9 Å². The number of carbonyl (C=O) groups is 1. The topological polar surface area (TPSA) is 63.7 Å². The molecule has 0 saturated carbocycles. The number of amides is 1. The molecule has 3 rings (SSSR count). The Bertz CT molecular complexity index is 700. The van der Waals surface area contributed by atoms with Crippen LogP contribution >= 0.6 is 11.6 Å². The van der Waals surface area contributed by atoms with E-state index < -0.39 is 15.1 Å². The summed E-state index contributed by atoms with van der Waals surface area (Å²) in [5.74, 6) is 0.00400. The van der Waals surface area contributed by atoms with Crippen LogP contribution < -0.4 is 0 Å². The number of ether oxygens (including phenoxy) is 1. The Morgan fingerprint density at radius 3 is 2.54 bits per heavy atom. The normalized spacial score (nSPS) is 25.2. The zero-order chi connectivity index (χ0) is 17.2. The Hall–Kier alpha value is -1.11. The van der Waals surface area contributed by atoms with Crippen molar-refractivity contribution in [3.63, 3.8) is 0 Å². The summed E-state index contributed by atoms with van der Waals surface area (Å²) in [6.45, 7) is 1.92. The number of hydrogen-bond acceptors (Lipinski definition) is 4. The predicted octanol–water partition coefficient (Wildman–Crippen LogP) is 2.45. The maximum atomic E-state index is 12.7. The van der Waals surface area contributed by atoms with Crippen molar-refractivity contribution < 1.29 is 17.9 Å². The van der Waals surface area contributed by atoms with E-state index in [4.69, 9.17) is 16.3 Å². The van der Waals surface area contributed by atoms with Crippen LogP contribution in [-0.2, 0) is 19.4 Å². The lowest BCUT2D eigenvalue weighted by molar-refractivity contribution is -0.138. The standard InChI is InChI=1S/C17H22ClNO4S/c18-15-4-2-1-3-14(15)16-5-8-19(9-12-24(16,21)22)17(20)13-6-10-23-11-7-13/h1-4,13,16H,5-12H2. The highest BCUT2D eigenvalue weighted by Crippen LogP contribution is 2.34. The summed E-state index contributed by atoms with van der Waals surface area (Å²) in [7, 11) is -3.34. The maximum absolute atomic E-state index is 12.7. The fourth-order valence-corrected chi connectivity index (χ4v) is 5.60. The molecular formula is C17H22ClNO4S. The Morgan fingerprint density at radius 1 is 1.12 bits per heavy atom. The summed E-state index contributed by atoms with van der Waals surface area (Å²) in [5, 5.41) is -0.172. The number of benzene rings is 1. The van der Waals surface area contributed by atoms with E-state index in [1.807, 2.05) is 0 Å². The molecule has 2 saturated heterocycles. The highest BCUT2D eigenvalue weighted by atomic mass is 35.5. The number of rotatable bonds is 2. The SMILES string of the molecule is O=C(C1CCOCC1)N1CCC(c2ccccc2Cl)S(=O)(=O)CC1. The van der Waals surface area contributed by atoms with Gasteiger partial charge in [0.05, 0.1) is 11.0 Å². The minimum atomic E-state index is -3.34. The van der Waals surface area contributed by atoms with Crippen molar-refractivity contribution >= 4 is 27.3 Å². The van der Waals surface area contributed by atoms with E-state index in [-0.39, 0.29) is 24.1 Å². The third kappa shape index (κ3) is 3.76. The molecule has 1 aromatic carbocycles. The van der Waals surface area contributed by atoms with Gasteiger partial charge in [0.1, 0.15) is 0 Å². The third-order valence-corrected chi connectivity index (χ3v) is 7.33. The first-order valence-corrected chi connectivity index (χ1v) is 10.4. The van der Waals surface area contributed by atoms with Gasteiger partial charge in [-0.1, -0.05) is 29.8 Å². The Kier molecular flexibility index (Phi) is 5.47. The minimum absolute atomic E-state index is 0.0160. The third-order valence-electron chi connectivity index (χ3n) is 4.87. The van der Waals surface area contributed by atoms with Crippen LogP contribution in [0.3, 0.4) is 0 Å². The molecule has 2 aliphatic rings. The Balaban J connectivity index is 1.77. The molecule has 0 N–H and O–H groups in total. The largest absolute Gasteiger partial charge is 0.381 e. The monoisotopic (exact) mass is 371 g/mol. The number of nitrogens with zero attached hydrogens (tertiary/aromatic N) is 1. The maximum Gasteiger partial charge on any atom is 0.225 e. The fourth-order valence-electron chi connectivity index (χ4n) is 3.45. The van der Waals surface area contributed by atoms with Gasteiger partial charge in [0, 0.05) is 37.2 Å². The Labute approximate surface area is 147 Å². The van der Waals surface area contributed by atoms with Gasteiger partial charge in [0.15, 0.2) is 9.84 Å². The van der Waals surface area contributed by atoms with Gasteiger partial charge in [-0.05, 0) is 30.9 Å². The van der Waals surface area contributed by atoms with Crippen molar-refractivity contribution in [2.45, 2.75) is 24.5 Å². The first-order chi connectivity index (χ1) is 11.5. The second kappa shape index (κ2) is 7.42. The van der Waals surface area contributed by atoms with E-state index in [9.17, 15) is 13.2 Å². The zero-order valence-corrected chi connectivity index (χ0v) is 15.1. The summed E-state index contributed by atoms with van der Waals surface area (Å²) in [6, 6.07) is 7.06. The second-order valence-corrected chi connectivity index (χ2v) is 9.09. The van der Waals surface area contributed by atoms with Crippen molar-refractivity contribution in [2.75, 3.05) is 32.1 Å². The number of sulfone groups is 1. The van der Waals surface area contributed by atoms with Gasteiger partial charge in [-0.2, -0.15) is 0 Å². The average Bonchev–Trinajstić information content (AvgIpc) is 2.74. The van der Waals surface area contributed by atoms with E-state index in [1.165, 1.54) is 0 Å². The van der Waals surface area contributed by atoms with Gasteiger partial charge in [-0.3, -0.25) is 4.79 Å². The number of carbonyl (C=O) groups excluding carboxylic acids is 1. The van der Waals surface area contributed by atoms with Crippen LogP contribution in [0.2, 0.25) is 5.02 Å². The van der Waals surface area contributed by atoms with Gasteiger partial charge >= 0.3 is 0 Å². The van der Waals surface area contributed by atoms with Gasteiger partial charge in [-0.15, -0.1) is 0 Å². The Morgan fingerprint density at radius 2 is 1.83 bits per heavy atom. The summed E-state index contributed by atoms with van der Waals surface area (Å²) >= 11 is 6.20. The predicted molar refractivity (Wildman–Crippen MR) is 92.7 cm³/mol. The summed E-state index contributed by atoms with van der Waals surface area (Å²) in [5.41, 5.74) is 0.638.